The molecule has 11 heavy (non-hydrogen) atoms. The second-order valence-corrected chi connectivity index (χ2v) is 5.14. The minimum absolute atomic E-state index is 0.351. The van der Waals surface area contributed by atoms with Gasteiger partial charge in [0.15, 0.2) is 0 Å². The van der Waals surface area contributed by atoms with Gasteiger partial charge < -0.3 is 0 Å². The van der Waals surface area contributed by atoms with Crippen molar-refractivity contribution in [2.45, 2.75) is 34.6 Å². The Bertz CT molecular complexity index is 228. The van der Waals surface area contributed by atoms with Crippen molar-refractivity contribution in [3.05, 3.63) is 18.0 Å². The number of hydrogen-bond acceptors (Lipinski definition) is 0. The Morgan fingerprint density at radius 2 is 1.45 bits per heavy atom. The molecular formula is C10H15Sm. The van der Waals surface area contributed by atoms with Crippen LogP contribution in [0.1, 0.15) is 34.6 Å². The SMILES string of the molecule is CC1=C(C)C(C)(C)[C]([Sm])=C1C. The first-order chi connectivity index (χ1) is 4.89. The summed E-state index contributed by atoms with van der Waals surface area (Å²) in [5.41, 5.74) is 4.95. The molecule has 0 unspecified atom stereocenters. The van der Waals surface area contributed by atoms with E-state index >= 15 is 0 Å². The Kier molecular flexibility index (Phi) is 2.65. The van der Waals surface area contributed by atoms with Gasteiger partial charge in [-0.1, -0.05) is 0 Å². The van der Waals surface area contributed by atoms with Gasteiger partial charge in [0.1, 0.15) is 0 Å². The molecule has 0 aromatic rings. The molecule has 0 aliphatic heterocycles. The Hall–Kier alpha value is 0.818. The maximum absolute atomic E-state index is 2.32. The Morgan fingerprint density at radius 3 is 1.55 bits per heavy atom. The van der Waals surface area contributed by atoms with Gasteiger partial charge in [0.25, 0.3) is 0 Å². The third kappa shape index (κ3) is 1.37. The van der Waals surface area contributed by atoms with Gasteiger partial charge >= 0.3 is 96.4 Å². The molecule has 0 fully saturated rings. The van der Waals surface area contributed by atoms with E-state index in [1.165, 1.54) is 11.1 Å². The van der Waals surface area contributed by atoms with Crippen LogP contribution < -0.4 is 0 Å². The van der Waals surface area contributed by atoms with Crippen molar-refractivity contribution < 1.29 is 38.3 Å². The summed E-state index contributed by atoms with van der Waals surface area (Å²) in [6, 6.07) is 0. The first-order valence-corrected chi connectivity index (χ1v) is 5.26. The first-order valence-electron chi connectivity index (χ1n) is 3.95. The van der Waals surface area contributed by atoms with Crippen molar-refractivity contribution in [1.82, 2.24) is 0 Å². The Balaban J connectivity index is 3.27. The quantitative estimate of drug-likeness (QED) is 0.641. The van der Waals surface area contributed by atoms with E-state index in [9.17, 15) is 0 Å². The first kappa shape index (κ1) is 9.90. The Labute approximate surface area is 95.4 Å². The fraction of sp³-hybridized carbons (Fsp3) is 0.600. The molecule has 0 radical (unpaired) electrons. The molecule has 0 aromatic carbocycles. The van der Waals surface area contributed by atoms with Crippen LogP contribution in [0.2, 0.25) is 0 Å². The third-order valence-electron chi connectivity index (χ3n) is 2.97. The van der Waals surface area contributed by atoms with E-state index < -0.39 is 0 Å². The molecule has 0 saturated carbocycles. The summed E-state index contributed by atoms with van der Waals surface area (Å²) in [7, 11) is 0. The molecule has 0 aromatic heterocycles. The van der Waals surface area contributed by atoms with E-state index in [1.54, 1.807) is 45.2 Å². The third-order valence-corrected chi connectivity index (χ3v) is 5.59. The topological polar surface area (TPSA) is 0 Å². The minimum atomic E-state index is 0.351. The molecule has 0 heterocycles. The molecule has 0 saturated heterocycles. The van der Waals surface area contributed by atoms with Crippen LogP contribution in [-0.2, 0) is 0 Å². The van der Waals surface area contributed by atoms with Crippen molar-refractivity contribution in [1.29, 1.82) is 0 Å². The normalized spacial score (nSPS) is 23.4. The van der Waals surface area contributed by atoms with Crippen molar-refractivity contribution >= 4 is 0 Å². The monoisotopic (exact) mass is 287 g/mol. The number of allylic oxidation sites excluding steroid dienone is 4. The fourth-order valence-electron chi connectivity index (χ4n) is 1.56. The Morgan fingerprint density at radius 1 is 1.00 bits per heavy atom. The van der Waals surface area contributed by atoms with Gasteiger partial charge in [-0.3, -0.25) is 0 Å². The summed E-state index contributed by atoms with van der Waals surface area (Å²) in [4.78, 5) is 0. The molecule has 0 amide bonds. The molecule has 1 aliphatic carbocycles. The molecule has 0 spiro atoms. The van der Waals surface area contributed by atoms with Crippen molar-refractivity contribution in [3.8, 4) is 0 Å². The fourth-order valence-corrected chi connectivity index (χ4v) is 2.54. The molecule has 0 N–H and O–H groups in total. The average molecular weight is 286 g/mol. The van der Waals surface area contributed by atoms with Crippen LogP contribution in [0.3, 0.4) is 0 Å². The van der Waals surface area contributed by atoms with E-state index in [4.69, 9.17) is 0 Å². The van der Waals surface area contributed by atoms with Crippen molar-refractivity contribution in [3.63, 3.8) is 0 Å². The summed E-state index contributed by atoms with van der Waals surface area (Å²) in [6.07, 6.45) is 0. The van der Waals surface area contributed by atoms with Gasteiger partial charge in [-0.15, -0.1) is 0 Å². The zero-order chi connectivity index (χ0) is 8.81. The van der Waals surface area contributed by atoms with E-state index in [2.05, 4.69) is 34.6 Å². The average Bonchev–Trinajstić information content (AvgIpc) is 2.06. The maximum atomic E-state index is 2.32. The molecule has 1 rings (SSSR count). The van der Waals surface area contributed by atoms with E-state index in [-0.39, 0.29) is 0 Å². The van der Waals surface area contributed by atoms with Crippen LogP contribution in [0.5, 0.6) is 0 Å². The predicted octanol–water partition coefficient (Wildman–Crippen LogP) is 3.19. The van der Waals surface area contributed by atoms with Gasteiger partial charge in [0.05, 0.1) is 0 Å². The van der Waals surface area contributed by atoms with Crippen LogP contribution in [-0.4, -0.2) is 0 Å². The van der Waals surface area contributed by atoms with Gasteiger partial charge in [-0.25, -0.2) is 0 Å². The van der Waals surface area contributed by atoms with Gasteiger partial charge in [0.2, 0.25) is 0 Å². The predicted molar refractivity (Wildman–Crippen MR) is 44.9 cm³/mol. The van der Waals surface area contributed by atoms with E-state index in [0.29, 0.717) is 5.41 Å². The van der Waals surface area contributed by atoms with Gasteiger partial charge in [-0.05, 0) is 0 Å². The second kappa shape index (κ2) is 2.94. The van der Waals surface area contributed by atoms with Crippen molar-refractivity contribution in [2.24, 2.45) is 5.41 Å². The number of rotatable bonds is 0. The standard InChI is InChI=1S/C10H15.Sm/c1-7-6-10(4,5)9(3)8(7)2;/h1-5H3;. The summed E-state index contributed by atoms with van der Waals surface area (Å²) in [6.45, 7) is 11.4. The van der Waals surface area contributed by atoms with Crippen LogP contribution in [0.4, 0.5) is 0 Å². The summed E-state index contributed by atoms with van der Waals surface area (Å²) >= 11 is 1.62. The zero-order valence-electron chi connectivity index (χ0n) is 7.91. The molecule has 61 valence electrons. The van der Waals surface area contributed by atoms with Crippen molar-refractivity contribution in [2.75, 3.05) is 0 Å². The summed E-state index contributed by atoms with van der Waals surface area (Å²) < 4.78 is 1.62. The molecule has 1 heteroatoms. The number of hydrogen-bond donors (Lipinski definition) is 0. The molecule has 0 bridgehead atoms. The van der Waals surface area contributed by atoms with Crippen LogP contribution in [0, 0.1) is 43.8 Å². The van der Waals surface area contributed by atoms with Gasteiger partial charge in [-0.2, -0.15) is 0 Å². The summed E-state index contributed by atoms with van der Waals surface area (Å²) in [5.74, 6) is 0. The van der Waals surface area contributed by atoms with Gasteiger partial charge in [0, 0.05) is 0 Å². The van der Waals surface area contributed by atoms with E-state index in [1.807, 2.05) is 0 Å². The molecular weight excluding hydrogens is 270 g/mol. The molecule has 1 aliphatic rings. The van der Waals surface area contributed by atoms with Crippen LogP contribution in [0.25, 0.3) is 0 Å². The summed E-state index contributed by atoms with van der Waals surface area (Å²) in [5, 5.41) is 0. The molecule has 0 atom stereocenters. The molecule has 0 nitrogen and oxygen atoms in total. The van der Waals surface area contributed by atoms with E-state index in [0.717, 1.165) is 0 Å². The zero-order valence-corrected chi connectivity index (χ0v) is 10.5. The second-order valence-electron chi connectivity index (χ2n) is 3.83. The van der Waals surface area contributed by atoms with Crippen LogP contribution in [0.15, 0.2) is 18.0 Å². The van der Waals surface area contributed by atoms with Crippen LogP contribution >= 0.6 is 0 Å².